The predicted molar refractivity (Wildman–Crippen MR) is 81.3 cm³/mol. The Morgan fingerprint density at radius 3 is 2.95 bits per heavy atom. The Kier molecular flexibility index (Phi) is 5.74. The number of amides is 1. The Morgan fingerprint density at radius 2 is 2.32 bits per heavy atom. The van der Waals surface area contributed by atoms with Crippen molar-refractivity contribution in [2.45, 2.75) is 19.6 Å². The lowest BCUT2D eigenvalue weighted by molar-refractivity contribution is -0.133. The van der Waals surface area contributed by atoms with Gasteiger partial charge in [0.1, 0.15) is 0 Å². The van der Waals surface area contributed by atoms with E-state index < -0.39 is 5.82 Å². The van der Waals surface area contributed by atoms with Crippen LogP contribution in [0.2, 0.25) is 0 Å². The van der Waals surface area contributed by atoms with Gasteiger partial charge in [0.25, 0.3) is 0 Å². The molecule has 0 saturated carbocycles. The molecule has 1 aromatic rings. The smallest absolute Gasteiger partial charge is 0.236 e. The third-order valence-electron chi connectivity index (χ3n) is 3.75. The second-order valence-corrected chi connectivity index (χ2v) is 5.64. The summed E-state index contributed by atoms with van der Waals surface area (Å²) in [6.07, 6.45) is 0.155. The third-order valence-corrected chi connectivity index (χ3v) is 3.75. The van der Waals surface area contributed by atoms with Gasteiger partial charge in [-0.2, -0.15) is 0 Å². The second-order valence-electron chi connectivity index (χ2n) is 5.64. The highest BCUT2D eigenvalue weighted by molar-refractivity contribution is 5.78. The van der Waals surface area contributed by atoms with Crippen molar-refractivity contribution < 1.29 is 18.7 Å². The van der Waals surface area contributed by atoms with Crippen LogP contribution in [0.25, 0.3) is 0 Å². The highest BCUT2D eigenvalue weighted by Crippen LogP contribution is 2.18. The lowest BCUT2D eigenvalue weighted by Gasteiger charge is -2.31. The van der Waals surface area contributed by atoms with E-state index in [1.54, 1.807) is 24.1 Å². The molecule has 1 aliphatic heterocycles. The van der Waals surface area contributed by atoms with Crippen molar-refractivity contribution in [2.24, 2.45) is 0 Å². The molecule has 6 heteroatoms. The maximum absolute atomic E-state index is 13.7. The SMILES string of the molecule is COc1ccc(CN(C)C(=O)CN2CCOC(C)C2)cc1F. The highest BCUT2D eigenvalue weighted by atomic mass is 19.1. The van der Waals surface area contributed by atoms with E-state index in [4.69, 9.17) is 9.47 Å². The van der Waals surface area contributed by atoms with Crippen molar-refractivity contribution >= 4 is 5.91 Å². The summed E-state index contributed by atoms with van der Waals surface area (Å²) < 4.78 is 24.0. The average molecular weight is 310 g/mol. The van der Waals surface area contributed by atoms with Crippen LogP contribution < -0.4 is 4.74 Å². The molecule has 1 aromatic carbocycles. The van der Waals surface area contributed by atoms with Crippen LogP contribution in [-0.4, -0.2) is 62.2 Å². The Balaban J connectivity index is 1.89. The van der Waals surface area contributed by atoms with Crippen molar-refractivity contribution in [3.63, 3.8) is 0 Å². The first-order valence-corrected chi connectivity index (χ1v) is 7.40. The Hall–Kier alpha value is -1.66. The average Bonchev–Trinajstić information content (AvgIpc) is 2.47. The largest absolute Gasteiger partial charge is 0.494 e. The van der Waals surface area contributed by atoms with Crippen LogP contribution >= 0.6 is 0 Å². The van der Waals surface area contributed by atoms with E-state index >= 15 is 0 Å². The van der Waals surface area contributed by atoms with Crippen LogP contribution in [-0.2, 0) is 16.1 Å². The molecule has 0 N–H and O–H groups in total. The minimum absolute atomic E-state index is 0.0188. The van der Waals surface area contributed by atoms with Gasteiger partial charge in [-0.1, -0.05) is 6.07 Å². The molecule has 0 spiro atoms. The summed E-state index contributed by atoms with van der Waals surface area (Å²) in [5.41, 5.74) is 0.740. The van der Waals surface area contributed by atoms with Gasteiger partial charge in [0.05, 0.1) is 26.4 Å². The summed E-state index contributed by atoms with van der Waals surface area (Å²) in [4.78, 5) is 16.0. The van der Waals surface area contributed by atoms with Gasteiger partial charge in [-0.05, 0) is 24.6 Å². The normalized spacial score (nSPS) is 19.0. The second kappa shape index (κ2) is 7.56. The summed E-state index contributed by atoms with van der Waals surface area (Å²) in [7, 11) is 3.16. The Labute approximate surface area is 130 Å². The molecule has 1 unspecified atom stereocenters. The first-order valence-electron chi connectivity index (χ1n) is 7.40. The molecule has 0 aliphatic carbocycles. The Morgan fingerprint density at radius 1 is 1.55 bits per heavy atom. The van der Waals surface area contributed by atoms with Crippen LogP contribution in [0.1, 0.15) is 12.5 Å². The molecule has 5 nitrogen and oxygen atoms in total. The van der Waals surface area contributed by atoms with E-state index in [2.05, 4.69) is 4.90 Å². The van der Waals surface area contributed by atoms with Crippen molar-refractivity contribution in [2.75, 3.05) is 40.4 Å². The van der Waals surface area contributed by atoms with Crippen LogP contribution in [0.15, 0.2) is 18.2 Å². The zero-order chi connectivity index (χ0) is 16.1. The van der Waals surface area contributed by atoms with Gasteiger partial charge in [0.15, 0.2) is 11.6 Å². The van der Waals surface area contributed by atoms with Crippen molar-refractivity contribution in [3.8, 4) is 5.75 Å². The first-order chi connectivity index (χ1) is 10.5. The number of halogens is 1. The minimum atomic E-state index is -0.414. The summed E-state index contributed by atoms with van der Waals surface area (Å²) in [5, 5.41) is 0. The number of benzene rings is 1. The number of methoxy groups -OCH3 is 1. The lowest BCUT2D eigenvalue weighted by Crippen LogP contribution is -2.46. The third kappa shape index (κ3) is 4.42. The van der Waals surface area contributed by atoms with E-state index in [1.165, 1.54) is 13.2 Å². The molecular weight excluding hydrogens is 287 g/mol. The maximum atomic E-state index is 13.7. The standard InChI is InChI=1S/C16H23FN2O3/c1-12-9-19(6-7-22-12)11-16(20)18(2)10-13-4-5-15(21-3)14(17)8-13/h4-5,8,12H,6-7,9-11H2,1-3H3. The predicted octanol–water partition coefficient (Wildman–Crippen LogP) is 1.51. The number of likely N-dealkylation sites (N-methyl/N-ethyl adjacent to an activating group) is 1. The van der Waals surface area contributed by atoms with Gasteiger partial charge in [-0.15, -0.1) is 0 Å². The van der Waals surface area contributed by atoms with Crippen molar-refractivity contribution in [1.82, 2.24) is 9.80 Å². The molecule has 1 amide bonds. The van der Waals surface area contributed by atoms with Gasteiger partial charge in [0.2, 0.25) is 5.91 Å². The minimum Gasteiger partial charge on any atom is -0.494 e. The van der Waals surface area contributed by atoms with E-state index in [-0.39, 0.29) is 17.8 Å². The van der Waals surface area contributed by atoms with Gasteiger partial charge < -0.3 is 14.4 Å². The lowest BCUT2D eigenvalue weighted by atomic mass is 10.2. The molecule has 1 fully saturated rings. The summed E-state index contributed by atoms with van der Waals surface area (Å²) in [6.45, 7) is 4.92. The highest BCUT2D eigenvalue weighted by Gasteiger charge is 2.20. The Bertz CT molecular complexity index is 524. The molecule has 22 heavy (non-hydrogen) atoms. The van der Waals surface area contributed by atoms with E-state index in [9.17, 15) is 9.18 Å². The molecule has 1 saturated heterocycles. The molecule has 2 rings (SSSR count). The molecule has 0 aromatic heterocycles. The fraction of sp³-hybridized carbons (Fsp3) is 0.562. The monoisotopic (exact) mass is 310 g/mol. The van der Waals surface area contributed by atoms with E-state index in [0.717, 1.165) is 18.7 Å². The summed E-state index contributed by atoms with van der Waals surface area (Å²) in [6, 6.07) is 4.74. The molecule has 1 aliphatic rings. The molecule has 1 heterocycles. The number of hydrogen-bond acceptors (Lipinski definition) is 4. The summed E-state index contributed by atoms with van der Waals surface area (Å²) in [5.74, 6) is -0.187. The molecule has 1 atom stereocenters. The zero-order valence-electron chi connectivity index (χ0n) is 13.3. The van der Waals surface area contributed by atoms with Crippen LogP contribution in [0.3, 0.4) is 0 Å². The van der Waals surface area contributed by atoms with Crippen LogP contribution in [0, 0.1) is 5.82 Å². The van der Waals surface area contributed by atoms with E-state index in [0.29, 0.717) is 19.7 Å². The fourth-order valence-electron chi connectivity index (χ4n) is 2.52. The molecule has 0 radical (unpaired) electrons. The molecular formula is C16H23FN2O3. The molecule has 122 valence electrons. The number of nitrogens with zero attached hydrogens (tertiary/aromatic N) is 2. The first kappa shape index (κ1) is 16.7. The topological polar surface area (TPSA) is 42.0 Å². The number of morpholine rings is 1. The van der Waals surface area contributed by atoms with Gasteiger partial charge in [0, 0.05) is 26.7 Å². The maximum Gasteiger partial charge on any atom is 0.236 e. The number of rotatable bonds is 5. The number of carbonyl (C=O) groups excluding carboxylic acids is 1. The van der Waals surface area contributed by atoms with Gasteiger partial charge >= 0.3 is 0 Å². The van der Waals surface area contributed by atoms with Crippen LogP contribution in [0.5, 0.6) is 5.75 Å². The van der Waals surface area contributed by atoms with Crippen LogP contribution in [0.4, 0.5) is 4.39 Å². The van der Waals surface area contributed by atoms with Crippen molar-refractivity contribution in [1.29, 1.82) is 0 Å². The number of carbonyl (C=O) groups is 1. The zero-order valence-corrected chi connectivity index (χ0v) is 13.3. The van der Waals surface area contributed by atoms with Gasteiger partial charge in [-0.25, -0.2) is 4.39 Å². The van der Waals surface area contributed by atoms with Gasteiger partial charge in [-0.3, -0.25) is 9.69 Å². The number of hydrogen-bond donors (Lipinski definition) is 0. The van der Waals surface area contributed by atoms with E-state index in [1.807, 2.05) is 6.92 Å². The summed E-state index contributed by atoms with van der Waals surface area (Å²) >= 11 is 0. The molecule has 0 bridgehead atoms. The fourth-order valence-corrected chi connectivity index (χ4v) is 2.52. The number of ether oxygens (including phenoxy) is 2. The quantitative estimate of drug-likeness (QED) is 0.827. The van der Waals surface area contributed by atoms with Crippen molar-refractivity contribution in [3.05, 3.63) is 29.6 Å².